The highest BCUT2D eigenvalue weighted by Crippen LogP contribution is 2.03. The lowest BCUT2D eigenvalue weighted by atomic mass is 10.2. The zero-order valence-electron chi connectivity index (χ0n) is 11.6. The quantitative estimate of drug-likeness (QED) is 0.828. The molecule has 1 amide bonds. The predicted molar refractivity (Wildman–Crippen MR) is 75.7 cm³/mol. The summed E-state index contributed by atoms with van der Waals surface area (Å²) >= 11 is 0. The molecular formula is C14H19N5O. The molecule has 20 heavy (non-hydrogen) atoms. The van der Waals surface area contributed by atoms with Crippen LogP contribution in [0, 0.1) is 0 Å². The number of hydrogen-bond donors (Lipinski definition) is 1. The van der Waals surface area contributed by atoms with Crippen molar-refractivity contribution >= 4 is 5.91 Å². The fourth-order valence-electron chi connectivity index (χ4n) is 1.88. The minimum atomic E-state index is -0.00180. The molecule has 0 atom stereocenters. The number of nitrogens with two attached hydrogens (primary N) is 1. The first-order valence-corrected chi connectivity index (χ1v) is 6.56. The van der Waals surface area contributed by atoms with Crippen LogP contribution in [0.3, 0.4) is 0 Å². The van der Waals surface area contributed by atoms with E-state index in [4.69, 9.17) is 5.73 Å². The van der Waals surface area contributed by atoms with Crippen molar-refractivity contribution in [3.63, 3.8) is 0 Å². The largest absolute Gasteiger partial charge is 0.340 e. The van der Waals surface area contributed by atoms with E-state index in [2.05, 4.69) is 10.3 Å². The van der Waals surface area contributed by atoms with Crippen LogP contribution in [0.2, 0.25) is 0 Å². The molecule has 1 aromatic carbocycles. The van der Waals surface area contributed by atoms with Crippen molar-refractivity contribution in [2.45, 2.75) is 19.5 Å². The third kappa shape index (κ3) is 3.89. The van der Waals surface area contributed by atoms with Gasteiger partial charge in [0.2, 0.25) is 5.91 Å². The van der Waals surface area contributed by atoms with E-state index in [0.29, 0.717) is 19.5 Å². The Balaban J connectivity index is 1.90. The molecule has 6 nitrogen and oxygen atoms in total. The maximum atomic E-state index is 12.1. The van der Waals surface area contributed by atoms with Crippen LogP contribution in [-0.2, 0) is 24.3 Å². The van der Waals surface area contributed by atoms with Crippen molar-refractivity contribution < 1.29 is 4.79 Å². The summed E-state index contributed by atoms with van der Waals surface area (Å²) in [6.07, 6.45) is 2.44. The Morgan fingerprint density at radius 2 is 2.10 bits per heavy atom. The number of hydrogen-bond acceptors (Lipinski definition) is 4. The summed E-state index contributed by atoms with van der Waals surface area (Å²) in [4.78, 5) is 13.8. The van der Waals surface area contributed by atoms with Crippen LogP contribution in [-0.4, -0.2) is 39.4 Å². The van der Waals surface area contributed by atoms with Crippen molar-refractivity contribution in [2.75, 3.05) is 13.6 Å². The number of carbonyl (C=O) groups is 1. The fraction of sp³-hybridized carbons (Fsp3) is 0.357. The number of benzene rings is 1. The summed E-state index contributed by atoms with van der Waals surface area (Å²) in [7, 11) is 1.78. The van der Waals surface area contributed by atoms with Crippen LogP contribution in [0.1, 0.15) is 11.3 Å². The van der Waals surface area contributed by atoms with E-state index in [1.54, 1.807) is 22.8 Å². The first-order chi connectivity index (χ1) is 9.69. The molecule has 6 heteroatoms. The number of amides is 1. The Morgan fingerprint density at radius 3 is 2.80 bits per heavy atom. The molecule has 0 bridgehead atoms. The van der Waals surface area contributed by atoms with Crippen molar-refractivity contribution in [1.82, 2.24) is 19.9 Å². The molecule has 1 aromatic heterocycles. The van der Waals surface area contributed by atoms with Gasteiger partial charge in [0.1, 0.15) is 6.54 Å². The van der Waals surface area contributed by atoms with Crippen LogP contribution in [0.5, 0.6) is 0 Å². The number of carbonyl (C=O) groups excluding carboxylic acids is 1. The Morgan fingerprint density at radius 1 is 1.35 bits per heavy atom. The van der Waals surface area contributed by atoms with E-state index in [1.807, 2.05) is 30.3 Å². The lowest BCUT2D eigenvalue weighted by Crippen LogP contribution is -2.29. The third-order valence-corrected chi connectivity index (χ3v) is 2.97. The van der Waals surface area contributed by atoms with Crippen LogP contribution in [0.15, 0.2) is 36.5 Å². The molecule has 0 saturated heterocycles. The normalized spacial score (nSPS) is 10.5. The van der Waals surface area contributed by atoms with Gasteiger partial charge >= 0.3 is 0 Å². The van der Waals surface area contributed by atoms with Gasteiger partial charge < -0.3 is 10.6 Å². The fourth-order valence-corrected chi connectivity index (χ4v) is 1.88. The van der Waals surface area contributed by atoms with Crippen molar-refractivity contribution in [2.24, 2.45) is 5.73 Å². The molecule has 0 aliphatic rings. The van der Waals surface area contributed by atoms with E-state index in [1.165, 1.54) is 0 Å². The number of rotatable bonds is 6. The molecule has 2 aromatic rings. The van der Waals surface area contributed by atoms with Crippen LogP contribution >= 0.6 is 0 Å². The summed E-state index contributed by atoms with van der Waals surface area (Å²) in [5.41, 5.74) is 7.37. The van der Waals surface area contributed by atoms with Gasteiger partial charge in [0.05, 0.1) is 5.69 Å². The minimum Gasteiger partial charge on any atom is -0.340 e. The first-order valence-electron chi connectivity index (χ1n) is 6.56. The number of aromatic nitrogens is 3. The van der Waals surface area contributed by atoms with Crippen molar-refractivity contribution in [1.29, 1.82) is 0 Å². The molecular weight excluding hydrogens is 254 g/mol. The molecule has 0 unspecified atom stereocenters. The standard InChI is InChI=1S/C14H19N5O/c1-18(9-12-5-3-2-4-6-12)14(20)11-19-10-13(7-8-15)16-17-19/h2-6,10H,7-9,11,15H2,1H3. The van der Waals surface area contributed by atoms with Crippen molar-refractivity contribution in [3.8, 4) is 0 Å². The van der Waals surface area contributed by atoms with Gasteiger partial charge in [-0.15, -0.1) is 5.10 Å². The highest BCUT2D eigenvalue weighted by atomic mass is 16.2. The topological polar surface area (TPSA) is 77.0 Å². The maximum Gasteiger partial charge on any atom is 0.244 e. The van der Waals surface area contributed by atoms with E-state index in [9.17, 15) is 4.79 Å². The zero-order valence-corrected chi connectivity index (χ0v) is 11.6. The summed E-state index contributed by atoms with van der Waals surface area (Å²) in [5.74, 6) is -0.00180. The highest BCUT2D eigenvalue weighted by Gasteiger charge is 2.11. The van der Waals surface area contributed by atoms with Gasteiger partial charge in [-0.3, -0.25) is 4.79 Å². The van der Waals surface area contributed by atoms with Gasteiger partial charge in [-0.25, -0.2) is 4.68 Å². The average Bonchev–Trinajstić information content (AvgIpc) is 2.87. The van der Waals surface area contributed by atoms with Crippen LogP contribution in [0.25, 0.3) is 0 Å². The SMILES string of the molecule is CN(Cc1ccccc1)C(=O)Cn1cc(CCN)nn1. The molecule has 0 radical (unpaired) electrons. The Labute approximate surface area is 118 Å². The van der Waals surface area contributed by atoms with Crippen LogP contribution in [0.4, 0.5) is 0 Å². The predicted octanol–water partition coefficient (Wildman–Crippen LogP) is 0.438. The van der Waals surface area contributed by atoms with Gasteiger partial charge in [0, 0.05) is 26.2 Å². The molecule has 0 saturated carbocycles. The summed E-state index contributed by atoms with van der Waals surface area (Å²) < 4.78 is 1.55. The zero-order chi connectivity index (χ0) is 14.4. The molecule has 1 heterocycles. The molecule has 0 aliphatic carbocycles. The number of likely N-dealkylation sites (N-methyl/N-ethyl adjacent to an activating group) is 1. The van der Waals surface area contributed by atoms with E-state index in [-0.39, 0.29) is 12.5 Å². The third-order valence-electron chi connectivity index (χ3n) is 2.97. The van der Waals surface area contributed by atoms with Gasteiger partial charge in [-0.2, -0.15) is 0 Å². The minimum absolute atomic E-state index is 0.00180. The molecule has 0 spiro atoms. The summed E-state index contributed by atoms with van der Waals surface area (Å²) in [6.45, 7) is 1.31. The second kappa shape index (κ2) is 6.81. The first kappa shape index (κ1) is 14.2. The molecule has 0 aliphatic heterocycles. The Bertz CT molecular complexity index is 552. The maximum absolute atomic E-state index is 12.1. The average molecular weight is 273 g/mol. The summed E-state index contributed by atoms with van der Waals surface area (Å²) in [6, 6.07) is 9.88. The Hall–Kier alpha value is -2.21. The van der Waals surface area contributed by atoms with E-state index >= 15 is 0 Å². The smallest absolute Gasteiger partial charge is 0.244 e. The van der Waals surface area contributed by atoms with Crippen molar-refractivity contribution in [3.05, 3.63) is 47.8 Å². The van der Waals surface area contributed by atoms with E-state index < -0.39 is 0 Å². The lowest BCUT2D eigenvalue weighted by Gasteiger charge is -2.17. The number of nitrogens with zero attached hydrogens (tertiary/aromatic N) is 4. The molecule has 2 rings (SSSR count). The van der Waals surface area contributed by atoms with E-state index in [0.717, 1.165) is 11.3 Å². The summed E-state index contributed by atoms with van der Waals surface area (Å²) in [5, 5.41) is 7.89. The molecule has 106 valence electrons. The monoisotopic (exact) mass is 273 g/mol. The highest BCUT2D eigenvalue weighted by molar-refractivity contribution is 5.75. The second-order valence-electron chi connectivity index (χ2n) is 4.68. The van der Waals surface area contributed by atoms with Gasteiger partial charge in [0.25, 0.3) is 0 Å². The van der Waals surface area contributed by atoms with Gasteiger partial charge in [-0.05, 0) is 12.1 Å². The van der Waals surface area contributed by atoms with Gasteiger partial charge in [-0.1, -0.05) is 35.5 Å². The van der Waals surface area contributed by atoms with Crippen LogP contribution < -0.4 is 5.73 Å². The second-order valence-corrected chi connectivity index (χ2v) is 4.68. The van der Waals surface area contributed by atoms with Gasteiger partial charge in [0.15, 0.2) is 0 Å². The lowest BCUT2D eigenvalue weighted by molar-refractivity contribution is -0.131. The molecule has 2 N–H and O–H groups in total. The molecule has 0 fully saturated rings. The Kier molecular flexibility index (Phi) is 4.84.